The van der Waals surface area contributed by atoms with E-state index in [0.29, 0.717) is 18.9 Å². The summed E-state index contributed by atoms with van der Waals surface area (Å²) in [5.41, 5.74) is 4.57. The molecular formula is C26H27N5O2. The number of carbonyl (C=O) groups is 1. The van der Waals surface area contributed by atoms with E-state index in [4.69, 9.17) is 9.40 Å². The molecule has 1 aliphatic carbocycles. The number of furan rings is 1. The molecule has 0 saturated heterocycles. The lowest BCUT2D eigenvalue weighted by molar-refractivity contribution is 0.0954. The highest BCUT2D eigenvalue weighted by Gasteiger charge is 2.28. The van der Waals surface area contributed by atoms with Gasteiger partial charge < -0.3 is 14.3 Å². The predicted octanol–water partition coefficient (Wildman–Crippen LogP) is 4.53. The zero-order chi connectivity index (χ0) is 22.8. The number of allylic oxidation sites excluding steroid dienone is 1. The Kier molecular flexibility index (Phi) is 5.77. The molecule has 33 heavy (non-hydrogen) atoms. The Bertz CT molecular complexity index is 1320. The topological polar surface area (TPSA) is 85.8 Å². The van der Waals surface area contributed by atoms with Crippen LogP contribution in [0, 0.1) is 5.92 Å². The zero-order valence-corrected chi connectivity index (χ0v) is 18.9. The van der Waals surface area contributed by atoms with Crippen LogP contribution >= 0.6 is 0 Å². The van der Waals surface area contributed by atoms with Gasteiger partial charge in [0.05, 0.1) is 23.0 Å². The van der Waals surface area contributed by atoms with Gasteiger partial charge in [-0.05, 0) is 61.1 Å². The Morgan fingerprint density at radius 2 is 2.12 bits per heavy atom. The lowest BCUT2D eigenvalue weighted by Gasteiger charge is -2.26. The summed E-state index contributed by atoms with van der Waals surface area (Å²) < 4.78 is 7.55. The van der Waals surface area contributed by atoms with Crippen molar-refractivity contribution in [3.8, 4) is 0 Å². The average Bonchev–Trinajstić information content (AvgIpc) is 3.49. The van der Waals surface area contributed by atoms with Crippen molar-refractivity contribution in [2.24, 2.45) is 5.92 Å². The van der Waals surface area contributed by atoms with Crippen molar-refractivity contribution in [3.63, 3.8) is 0 Å². The van der Waals surface area contributed by atoms with Crippen molar-refractivity contribution in [1.82, 2.24) is 25.1 Å². The van der Waals surface area contributed by atoms with Crippen LogP contribution in [-0.2, 0) is 19.4 Å². The van der Waals surface area contributed by atoms with Crippen LogP contribution in [0.4, 0.5) is 0 Å². The average molecular weight is 442 g/mol. The van der Waals surface area contributed by atoms with E-state index < -0.39 is 0 Å². The van der Waals surface area contributed by atoms with Gasteiger partial charge in [-0.2, -0.15) is 0 Å². The summed E-state index contributed by atoms with van der Waals surface area (Å²) in [5.74, 6) is 2.00. The van der Waals surface area contributed by atoms with Crippen molar-refractivity contribution in [3.05, 3.63) is 77.4 Å². The number of hydrogen-bond acceptors (Lipinski definition) is 5. The smallest absolute Gasteiger partial charge is 0.252 e. The summed E-state index contributed by atoms with van der Waals surface area (Å²) in [6.07, 6.45) is 7.78. The van der Waals surface area contributed by atoms with Gasteiger partial charge in [-0.1, -0.05) is 25.1 Å². The highest BCUT2D eigenvalue weighted by molar-refractivity contribution is 6.09. The summed E-state index contributed by atoms with van der Waals surface area (Å²) in [5, 5.41) is 12.1. The van der Waals surface area contributed by atoms with Crippen molar-refractivity contribution in [1.29, 1.82) is 0 Å². The number of nitrogens with zero attached hydrogens (tertiary/aromatic N) is 4. The van der Waals surface area contributed by atoms with E-state index in [1.807, 2.05) is 41.0 Å². The Hall–Kier alpha value is -3.74. The molecule has 4 aromatic rings. The van der Waals surface area contributed by atoms with E-state index in [0.717, 1.165) is 64.3 Å². The van der Waals surface area contributed by atoms with Crippen LogP contribution in [0.1, 0.15) is 53.5 Å². The lowest BCUT2D eigenvalue weighted by atomic mass is 9.80. The number of nitrogens with one attached hydrogen (secondary N) is 1. The van der Waals surface area contributed by atoms with Crippen LogP contribution in [0.15, 0.2) is 53.4 Å². The molecule has 0 saturated carbocycles. The first-order chi connectivity index (χ1) is 16.1. The maximum absolute atomic E-state index is 13.5. The Morgan fingerprint density at radius 1 is 1.24 bits per heavy atom. The van der Waals surface area contributed by atoms with Crippen LogP contribution < -0.4 is 5.32 Å². The van der Waals surface area contributed by atoms with Gasteiger partial charge in [0.25, 0.3) is 5.91 Å². The number of hydrogen-bond donors (Lipinski definition) is 1. The molecule has 7 heteroatoms. The second-order valence-electron chi connectivity index (χ2n) is 8.57. The molecule has 0 fully saturated rings. The number of aromatic nitrogens is 4. The fourth-order valence-electron chi connectivity index (χ4n) is 4.65. The SMILES string of the molecule is CCn1cnnc1CCNC(=O)c1c2c(nc3ccccc13)C(=Cc1ccco1)CC(C)C2. The first kappa shape index (κ1) is 21.1. The van der Waals surface area contributed by atoms with Gasteiger partial charge in [0, 0.05) is 24.9 Å². The minimum atomic E-state index is -0.0705. The van der Waals surface area contributed by atoms with E-state index in [-0.39, 0.29) is 5.91 Å². The van der Waals surface area contributed by atoms with Gasteiger partial charge in [0.1, 0.15) is 17.9 Å². The summed E-state index contributed by atoms with van der Waals surface area (Å²) >= 11 is 0. The molecule has 5 rings (SSSR count). The number of aryl methyl sites for hydroxylation is 1. The van der Waals surface area contributed by atoms with Crippen LogP contribution in [-0.4, -0.2) is 32.2 Å². The van der Waals surface area contributed by atoms with Gasteiger partial charge in [0.15, 0.2) is 0 Å². The second-order valence-corrected chi connectivity index (χ2v) is 8.57. The molecular weight excluding hydrogens is 414 g/mol. The summed E-state index contributed by atoms with van der Waals surface area (Å²) in [6, 6.07) is 11.7. The van der Waals surface area contributed by atoms with Crippen molar-refractivity contribution < 1.29 is 9.21 Å². The highest BCUT2D eigenvalue weighted by atomic mass is 16.3. The second kappa shape index (κ2) is 9.02. The van der Waals surface area contributed by atoms with Crippen LogP contribution in [0.5, 0.6) is 0 Å². The minimum absolute atomic E-state index is 0.0705. The Labute approximate surface area is 192 Å². The summed E-state index contributed by atoms with van der Waals surface area (Å²) in [4.78, 5) is 18.5. The first-order valence-electron chi connectivity index (χ1n) is 11.4. The maximum atomic E-state index is 13.5. The fraction of sp³-hybridized carbons (Fsp3) is 0.308. The van der Waals surface area contributed by atoms with Crippen molar-refractivity contribution in [2.75, 3.05) is 6.54 Å². The minimum Gasteiger partial charge on any atom is -0.465 e. The normalized spacial score (nSPS) is 16.8. The van der Waals surface area contributed by atoms with E-state index in [2.05, 4.69) is 35.4 Å². The molecule has 3 heterocycles. The molecule has 168 valence electrons. The molecule has 1 N–H and O–H groups in total. The number of para-hydroxylation sites is 1. The quantitative estimate of drug-likeness (QED) is 0.475. The molecule has 1 unspecified atom stereocenters. The Balaban J connectivity index is 1.52. The molecule has 0 bridgehead atoms. The van der Waals surface area contributed by atoms with Gasteiger partial charge >= 0.3 is 0 Å². The zero-order valence-electron chi connectivity index (χ0n) is 18.9. The number of amides is 1. The van der Waals surface area contributed by atoms with Gasteiger partial charge in [0.2, 0.25) is 0 Å². The molecule has 1 aliphatic rings. The number of pyridine rings is 1. The van der Waals surface area contributed by atoms with E-state index in [1.54, 1.807) is 12.6 Å². The van der Waals surface area contributed by atoms with E-state index in [1.165, 1.54) is 0 Å². The maximum Gasteiger partial charge on any atom is 0.252 e. The number of fused-ring (bicyclic) bond motifs is 2. The van der Waals surface area contributed by atoms with Gasteiger partial charge in [-0.15, -0.1) is 10.2 Å². The third-order valence-electron chi connectivity index (χ3n) is 6.18. The molecule has 7 nitrogen and oxygen atoms in total. The fourth-order valence-corrected chi connectivity index (χ4v) is 4.65. The molecule has 0 aliphatic heterocycles. The molecule has 0 radical (unpaired) electrons. The molecule has 1 atom stereocenters. The van der Waals surface area contributed by atoms with Crippen LogP contribution in [0.25, 0.3) is 22.6 Å². The molecule has 1 aromatic carbocycles. The third-order valence-corrected chi connectivity index (χ3v) is 6.18. The van der Waals surface area contributed by atoms with Crippen molar-refractivity contribution in [2.45, 2.75) is 39.7 Å². The Morgan fingerprint density at radius 3 is 2.94 bits per heavy atom. The third kappa shape index (κ3) is 4.18. The highest BCUT2D eigenvalue weighted by Crippen LogP contribution is 2.38. The largest absolute Gasteiger partial charge is 0.465 e. The monoisotopic (exact) mass is 441 g/mol. The van der Waals surface area contributed by atoms with E-state index in [9.17, 15) is 4.79 Å². The molecule has 3 aromatic heterocycles. The van der Waals surface area contributed by atoms with E-state index >= 15 is 0 Å². The number of benzene rings is 1. The number of carbonyl (C=O) groups excluding carboxylic acids is 1. The molecule has 1 amide bonds. The van der Waals surface area contributed by atoms with Crippen molar-refractivity contribution >= 4 is 28.5 Å². The predicted molar refractivity (Wildman–Crippen MR) is 128 cm³/mol. The lowest BCUT2D eigenvalue weighted by Crippen LogP contribution is -2.29. The van der Waals surface area contributed by atoms with Gasteiger partial charge in [-0.3, -0.25) is 4.79 Å². The molecule has 0 spiro atoms. The van der Waals surface area contributed by atoms with Gasteiger partial charge in [-0.25, -0.2) is 4.98 Å². The summed E-state index contributed by atoms with van der Waals surface area (Å²) in [7, 11) is 0. The summed E-state index contributed by atoms with van der Waals surface area (Å²) in [6.45, 7) is 5.57. The van der Waals surface area contributed by atoms with Crippen LogP contribution in [0.3, 0.4) is 0 Å². The standard InChI is InChI=1S/C26H27N5O2/c1-3-31-16-28-30-23(31)10-11-27-26(32)24-20-8-4-5-9-22(20)29-25-18(13-17(2)14-21(24)25)15-19-7-6-12-33-19/h4-9,12,15-17H,3,10-11,13-14H2,1-2H3,(H,27,32). The first-order valence-corrected chi connectivity index (χ1v) is 11.4. The van der Waals surface area contributed by atoms with Crippen LogP contribution in [0.2, 0.25) is 0 Å². The number of rotatable bonds is 6.